The average molecular weight is 580 g/mol. The third kappa shape index (κ3) is 7.94. The lowest BCUT2D eigenvalue weighted by atomic mass is 9.81. The third-order valence-electron chi connectivity index (χ3n) is 9.26. The summed E-state index contributed by atoms with van der Waals surface area (Å²) in [5.74, 6) is -1.03. The van der Waals surface area contributed by atoms with E-state index < -0.39 is 23.5 Å². The van der Waals surface area contributed by atoms with E-state index in [0.29, 0.717) is 58.2 Å². The summed E-state index contributed by atoms with van der Waals surface area (Å²) < 4.78 is 10.8. The Morgan fingerprint density at radius 2 is 1.83 bits per heavy atom. The Labute approximate surface area is 248 Å². The van der Waals surface area contributed by atoms with Crippen molar-refractivity contribution in [2.45, 2.75) is 76.9 Å². The first-order valence-electron chi connectivity index (χ1n) is 15.6. The molecule has 2 aromatic rings. The Morgan fingerprint density at radius 1 is 1.10 bits per heavy atom. The molecule has 2 saturated heterocycles. The molecule has 0 bridgehead atoms. The minimum absolute atomic E-state index is 0.000440. The van der Waals surface area contributed by atoms with Gasteiger partial charge in [0.15, 0.2) is 11.6 Å². The first-order valence-corrected chi connectivity index (χ1v) is 15.6. The van der Waals surface area contributed by atoms with Crippen molar-refractivity contribution in [1.29, 1.82) is 0 Å². The van der Waals surface area contributed by atoms with Crippen molar-refractivity contribution in [3.8, 4) is 0 Å². The van der Waals surface area contributed by atoms with Crippen molar-refractivity contribution in [2.75, 3.05) is 39.5 Å². The number of aromatic amines is 1. The first-order chi connectivity index (χ1) is 20.2. The number of rotatable bonds is 15. The number of nitrogens with zero attached hydrogens (tertiary/aromatic N) is 1. The molecule has 3 aliphatic rings. The molecular formula is C33H45N3O6. The molecule has 3 fully saturated rings. The van der Waals surface area contributed by atoms with E-state index in [2.05, 4.69) is 10.3 Å². The number of aromatic nitrogens is 1. The quantitative estimate of drug-likeness (QED) is 0.309. The lowest BCUT2D eigenvalue weighted by Crippen LogP contribution is -2.46. The van der Waals surface area contributed by atoms with Crippen LogP contribution in [0.4, 0.5) is 0 Å². The molecule has 9 nitrogen and oxygen atoms in total. The fraction of sp³-hybridized carbons (Fsp3) is 0.636. The van der Waals surface area contributed by atoms with Crippen molar-refractivity contribution >= 4 is 34.2 Å². The summed E-state index contributed by atoms with van der Waals surface area (Å²) in [7, 11) is 0. The average Bonchev–Trinajstić information content (AvgIpc) is 3.32. The van der Waals surface area contributed by atoms with Crippen molar-refractivity contribution in [3.63, 3.8) is 0 Å². The number of H-pyrrole nitrogens is 1. The van der Waals surface area contributed by atoms with Gasteiger partial charge in [-0.3, -0.25) is 24.1 Å². The van der Waals surface area contributed by atoms with Gasteiger partial charge in [0.1, 0.15) is 11.4 Å². The van der Waals surface area contributed by atoms with Crippen LogP contribution in [0.3, 0.4) is 0 Å². The summed E-state index contributed by atoms with van der Waals surface area (Å²) in [6, 6.07) is 7.15. The lowest BCUT2D eigenvalue weighted by Gasteiger charge is -2.26. The molecule has 4 atom stereocenters. The number of carbonyl (C=O) groups is 4. The number of fused-ring (bicyclic) bond motifs is 1. The van der Waals surface area contributed by atoms with Gasteiger partial charge >= 0.3 is 0 Å². The van der Waals surface area contributed by atoms with E-state index in [1.165, 1.54) is 0 Å². The van der Waals surface area contributed by atoms with Crippen LogP contribution in [-0.2, 0) is 35.1 Å². The second kappa shape index (κ2) is 13.6. The van der Waals surface area contributed by atoms with Gasteiger partial charge in [0.2, 0.25) is 5.91 Å². The molecule has 1 saturated carbocycles. The van der Waals surface area contributed by atoms with Gasteiger partial charge in [-0.2, -0.15) is 0 Å². The van der Waals surface area contributed by atoms with E-state index in [1.54, 1.807) is 6.92 Å². The smallest absolute Gasteiger partial charge is 0.223 e. The Kier molecular flexibility index (Phi) is 9.91. The minimum Gasteiger partial charge on any atom is -0.379 e. The number of carbonyl (C=O) groups excluding carboxylic acids is 4. The van der Waals surface area contributed by atoms with Gasteiger partial charge in [-0.1, -0.05) is 44.7 Å². The molecule has 0 spiro atoms. The molecule has 5 rings (SSSR count). The van der Waals surface area contributed by atoms with E-state index in [4.69, 9.17) is 9.47 Å². The Morgan fingerprint density at radius 3 is 2.55 bits per heavy atom. The normalized spacial score (nSPS) is 23.4. The zero-order valence-corrected chi connectivity index (χ0v) is 25.0. The van der Waals surface area contributed by atoms with E-state index >= 15 is 0 Å². The number of hydrogen-bond donors (Lipinski definition) is 2. The Balaban J connectivity index is 1.28. The number of morpholine rings is 1. The highest BCUT2D eigenvalue weighted by Crippen LogP contribution is 2.37. The van der Waals surface area contributed by atoms with Crippen LogP contribution in [0.5, 0.6) is 0 Å². The van der Waals surface area contributed by atoms with Gasteiger partial charge in [0, 0.05) is 49.5 Å². The number of ether oxygens (including phenoxy) is 2. The molecule has 3 heterocycles. The maximum absolute atomic E-state index is 13.9. The summed E-state index contributed by atoms with van der Waals surface area (Å²) in [5.41, 5.74) is 1.08. The predicted octanol–water partition coefficient (Wildman–Crippen LogP) is 3.64. The highest BCUT2D eigenvalue weighted by Gasteiger charge is 2.50. The number of Topliss-reactive ketones (excluding diaryl/α,β-unsaturated/α-hetero) is 3. The highest BCUT2D eigenvalue weighted by molar-refractivity contribution is 5.97. The lowest BCUT2D eigenvalue weighted by molar-refractivity contribution is -0.134. The SMILES string of the molecule is C[C@H](CC(=O)CN1CCOCC1)C(=O)N[C@@H](Cc1ccc2cc[nH]c2c1)C(=O)C[C@@H](CC1CCCC1)C(=O)[C@@]1(C)CO1. The fourth-order valence-electron chi connectivity index (χ4n) is 6.52. The first kappa shape index (κ1) is 30.6. The number of hydrogen-bond acceptors (Lipinski definition) is 7. The topological polar surface area (TPSA) is 121 Å². The van der Waals surface area contributed by atoms with Crippen molar-refractivity contribution in [1.82, 2.24) is 15.2 Å². The predicted molar refractivity (Wildman–Crippen MR) is 159 cm³/mol. The standard InChI is InChI=1S/C33H45N3O6/c1-22(15-27(37)20-36-11-13-41-14-12-36)32(40)35-29(18-24-7-8-25-9-10-34-28(25)17-24)30(38)19-26(16-23-5-3-4-6-23)31(39)33(2)21-42-33/h7-10,17,22-23,26,29,34H,3-6,11-16,18-21H2,1-2H3,(H,35,40)/t22-,26-,29+,33-/m1/s1. The van der Waals surface area contributed by atoms with E-state index in [-0.39, 0.29) is 36.1 Å². The molecule has 1 aromatic heterocycles. The molecule has 2 aliphatic heterocycles. The maximum atomic E-state index is 13.9. The molecule has 228 valence electrons. The minimum atomic E-state index is -0.798. The van der Waals surface area contributed by atoms with Crippen molar-refractivity contribution in [2.24, 2.45) is 17.8 Å². The van der Waals surface area contributed by atoms with Crippen molar-refractivity contribution in [3.05, 3.63) is 36.0 Å². The molecular weight excluding hydrogens is 534 g/mol. The van der Waals surface area contributed by atoms with Crippen LogP contribution in [0, 0.1) is 17.8 Å². The zero-order chi connectivity index (χ0) is 29.7. The van der Waals surface area contributed by atoms with Crippen LogP contribution >= 0.6 is 0 Å². The van der Waals surface area contributed by atoms with Gasteiger partial charge < -0.3 is 19.8 Å². The third-order valence-corrected chi connectivity index (χ3v) is 9.26. The number of ketones is 3. The van der Waals surface area contributed by atoms with Gasteiger partial charge in [-0.05, 0) is 48.8 Å². The molecule has 1 aromatic carbocycles. The van der Waals surface area contributed by atoms with E-state index in [9.17, 15) is 19.2 Å². The number of epoxide rings is 1. The van der Waals surface area contributed by atoms with Crippen molar-refractivity contribution < 1.29 is 28.7 Å². The summed E-state index contributed by atoms with van der Waals surface area (Å²) in [4.78, 5) is 58.7. The Hall–Kier alpha value is -2.88. The van der Waals surface area contributed by atoms with Gasteiger partial charge in [0.25, 0.3) is 0 Å². The summed E-state index contributed by atoms with van der Waals surface area (Å²) >= 11 is 0. The molecule has 42 heavy (non-hydrogen) atoms. The molecule has 0 unspecified atom stereocenters. The molecule has 9 heteroatoms. The molecule has 1 aliphatic carbocycles. The summed E-state index contributed by atoms with van der Waals surface area (Å²) in [5, 5.41) is 4.05. The fourth-order valence-corrected chi connectivity index (χ4v) is 6.52. The zero-order valence-electron chi connectivity index (χ0n) is 25.0. The second-order valence-electron chi connectivity index (χ2n) is 12.8. The van der Waals surface area contributed by atoms with E-state index in [1.807, 2.05) is 42.3 Å². The van der Waals surface area contributed by atoms with Crippen LogP contribution in [0.25, 0.3) is 10.9 Å². The highest BCUT2D eigenvalue weighted by atomic mass is 16.6. The number of benzene rings is 1. The number of nitrogens with one attached hydrogen (secondary N) is 2. The van der Waals surface area contributed by atoms with Crippen LogP contribution in [0.2, 0.25) is 0 Å². The van der Waals surface area contributed by atoms with Crippen LogP contribution in [0.15, 0.2) is 30.5 Å². The molecule has 0 radical (unpaired) electrons. The van der Waals surface area contributed by atoms with Gasteiger partial charge in [-0.15, -0.1) is 0 Å². The maximum Gasteiger partial charge on any atom is 0.223 e. The monoisotopic (exact) mass is 579 g/mol. The van der Waals surface area contributed by atoms with Gasteiger partial charge in [0.05, 0.1) is 32.4 Å². The molecule has 2 N–H and O–H groups in total. The summed E-state index contributed by atoms with van der Waals surface area (Å²) in [6.45, 7) is 6.86. The largest absolute Gasteiger partial charge is 0.379 e. The van der Waals surface area contributed by atoms with E-state index in [0.717, 1.165) is 42.1 Å². The molecule has 1 amide bonds. The second-order valence-corrected chi connectivity index (χ2v) is 12.8. The van der Waals surface area contributed by atoms with Crippen LogP contribution < -0.4 is 5.32 Å². The van der Waals surface area contributed by atoms with Gasteiger partial charge in [-0.25, -0.2) is 0 Å². The number of amides is 1. The summed E-state index contributed by atoms with van der Waals surface area (Å²) in [6.07, 6.45) is 7.55. The van der Waals surface area contributed by atoms with Crippen LogP contribution in [-0.4, -0.2) is 84.2 Å². The van der Waals surface area contributed by atoms with Crippen LogP contribution in [0.1, 0.15) is 64.4 Å². The Bertz CT molecular complexity index is 1270.